The first kappa shape index (κ1) is 14.3. The van der Waals surface area contributed by atoms with E-state index >= 15 is 0 Å². The molecule has 0 amide bonds. The molecule has 1 atom stereocenters. The van der Waals surface area contributed by atoms with Crippen LogP contribution in [0.2, 0.25) is 0 Å². The van der Waals surface area contributed by atoms with Gasteiger partial charge in [0, 0.05) is 17.9 Å². The fraction of sp³-hybridized carbons (Fsp3) is 0.692. The van der Waals surface area contributed by atoms with Crippen molar-refractivity contribution in [2.24, 2.45) is 5.92 Å². The highest BCUT2D eigenvalue weighted by Gasteiger charge is 2.19. The van der Waals surface area contributed by atoms with Gasteiger partial charge in [-0.15, -0.1) is 0 Å². The molecule has 0 aromatic carbocycles. The third kappa shape index (κ3) is 3.36. The molecule has 0 aliphatic heterocycles. The number of hydrogen-bond acceptors (Lipinski definition) is 3. The molecule has 1 N–H and O–H groups in total. The van der Waals surface area contributed by atoms with Crippen molar-refractivity contribution in [1.29, 1.82) is 0 Å². The smallest absolute Gasteiger partial charge is 0.137 e. The molecule has 1 unspecified atom stereocenters. The second-order valence-electron chi connectivity index (χ2n) is 4.50. The Morgan fingerprint density at radius 2 is 2.00 bits per heavy atom. The SMILES string of the molecule is CCOC(c1nc(=S)c(CC)c(C)[nH]1)C(C)C. The summed E-state index contributed by atoms with van der Waals surface area (Å²) in [5, 5.41) is 0. The van der Waals surface area contributed by atoms with Crippen LogP contribution < -0.4 is 0 Å². The number of rotatable bonds is 5. The standard InChI is InChI=1S/C13H22N2OS/c1-6-10-9(5)14-12(15-13(10)17)11(8(3)4)16-7-2/h8,11H,6-7H2,1-5H3,(H,14,15,17). The number of hydrogen-bond donors (Lipinski definition) is 1. The molecule has 0 radical (unpaired) electrons. The number of nitrogens with one attached hydrogen (secondary N) is 1. The normalized spacial score (nSPS) is 13.1. The van der Waals surface area contributed by atoms with Crippen molar-refractivity contribution in [3.05, 3.63) is 21.7 Å². The van der Waals surface area contributed by atoms with Gasteiger partial charge in [-0.3, -0.25) is 0 Å². The predicted molar refractivity (Wildman–Crippen MR) is 72.7 cm³/mol. The van der Waals surface area contributed by atoms with Gasteiger partial charge in [0.25, 0.3) is 0 Å². The van der Waals surface area contributed by atoms with Crippen LogP contribution in [0.4, 0.5) is 0 Å². The molecule has 1 rings (SSSR count). The van der Waals surface area contributed by atoms with Crippen molar-refractivity contribution < 1.29 is 4.74 Å². The summed E-state index contributed by atoms with van der Waals surface area (Å²) in [6.45, 7) is 11.1. The average molecular weight is 254 g/mol. The van der Waals surface area contributed by atoms with E-state index in [1.165, 1.54) is 0 Å². The highest BCUT2D eigenvalue weighted by molar-refractivity contribution is 7.71. The number of aromatic amines is 1. The average Bonchev–Trinajstić information content (AvgIpc) is 2.24. The Morgan fingerprint density at radius 3 is 2.41 bits per heavy atom. The molecule has 1 aromatic rings. The second kappa shape index (κ2) is 6.26. The zero-order valence-electron chi connectivity index (χ0n) is 11.3. The fourth-order valence-corrected chi connectivity index (χ4v) is 2.35. The van der Waals surface area contributed by atoms with E-state index in [-0.39, 0.29) is 6.10 Å². The summed E-state index contributed by atoms with van der Waals surface area (Å²) in [4.78, 5) is 7.81. The summed E-state index contributed by atoms with van der Waals surface area (Å²) in [5.41, 5.74) is 2.23. The van der Waals surface area contributed by atoms with Gasteiger partial charge in [0.1, 0.15) is 16.6 Å². The number of ether oxygens (including phenoxy) is 1. The van der Waals surface area contributed by atoms with Crippen molar-refractivity contribution in [1.82, 2.24) is 9.97 Å². The summed E-state index contributed by atoms with van der Waals surface area (Å²) in [6.07, 6.45) is 0.904. The van der Waals surface area contributed by atoms with Crippen LogP contribution in [0, 0.1) is 17.5 Å². The molecule has 3 nitrogen and oxygen atoms in total. The monoisotopic (exact) mass is 254 g/mol. The van der Waals surface area contributed by atoms with Gasteiger partial charge in [-0.25, -0.2) is 4.98 Å². The van der Waals surface area contributed by atoms with Crippen LogP contribution in [0.25, 0.3) is 0 Å². The van der Waals surface area contributed by atoms with Crippen LogP contribution in [-0.2, 0) is 11.2 Å². The van der Waals surface area contributed by atoms with E-state index in [2.05, 4.69) is 30.7 Å². The molecular weight excluding hydrogens is 232 g/mol. The molecule has 1 heterocycles. The van der Waals surface area contributed by atoms with Crippen molar-refractivity contribution in [3.8, 4) is 0 Å². The van der Waals surface area contributed by atoms with Gasteiger partial charge >= 0.3 is 0 Å². The van der Waals surface area contributed by atoms with Gasteiger partial charge in [0.15, 0.2) is 0 Å². The first-order chi connectivity index (χ1) is 8.01. The molecular formula is C13H22N2OS. The van der Waals surface area contributed by atoms with E-state index in [0.717, 1.165) is 23.5 Å². The van der Waals surface area contributed by atoms with Crippen LogP contribution in [0.15, 0.2) is 0 Å². The Morgan fingerprint density at radius 1 is 1.35 bits per heavy atom. The van der Waals surface area contributed by atoms with E-state index in [9.17, 15) is 0 Å². The summed E-state index contributed by atoms with van der Waals surface area (Å²) in [7, 11) is 0. The molecule has 96 valence electrons. The van der Waals surface area contributed by atoms with Gasteiger partial charge in [-0.2, -0.15) is 0 Å². The van der Waals surface area contributed by atoms with Crippen LogP contribution in [0.5, 0.6) is 0 Å². The van der Waals surface area contributed by atoms with Gasteiger partial charge < -0.3 is 9.72 Å². The minimum atomic E-state index is -0.00805. The molecule has 0 spiro atoms. The first-order valence-corrected chi connectivity index (χ1v) is 6.63. The van der Waals surface area contributed by atoms with Crippen molar-refractivity contribution in [3.63, 3.8) is 0 Å². The van der Waals surface area contributed by atoms with E-state index in [4.69, 9.17) is 17.0 Å². The van der Waals surface area contributed by atoms with Crippen LogP contribution in [0.1, 0.15) is 50.9 Å². The molecule has 17 heavy (non-hydrogen) atoms. The number of aryl methyl sites for hydroxylation is 1. The van der Waals surface area contributed by atoms with E-state index < -0.39 is 0 Å². The summed E-state index contributed by atoms with van der Waals surface area (Å²) in [5.74, 6) is 1.22. The fourth-order valence-electron chi connectivity index (χ4n) is 1.95. The van der Waals surface area contributed by atoms with Crippen molar-refractivity contribution in [2.75, 3.05) is 6.61 Å². The highest BCUT2D eigenvalue weighted by Crippen LogP contribution is 2.23. The molecule has 0 saturated carbocycles. The Kier molecular flexibility index (Phi) is 5.28. The number of nitrogens with zero attached hydrogens (tertiary/aromatic N) is 1. The van der Waals surface area contributed by atoms with E-state index in [0.29, 0.717) is 17.2 Å². The molecule has 0 aliphatic rings. The minimum absolute atomic E-state index is 0.00805. The lowest BCUT2D eigenvalue weighted by atomic mass is 10.1. The van der Waals surface area contributed by atoms with Gasteiger partial charge in [-0.1, -0.05) is 33.0 Å². The predicted octanol–water partition coefficient (Wildman–Crippen LogP) is 3.74. The lowest BCUT2D eigenvalue weighted by molar-refractivity contribution is 0.0230. The third-order valence-electron chi connectivity index (χ3n) is 2.82. The zero-order chi connectivity index (χ0) is 13.0. The Labute approximate surface area is 109 Å². The molecule has 1 aromatic heterocycles. The Hall–Kier alpha value is -0.740. The summed E-state index contributed by atoms with van der Waals surface area (Å²) < 4.78 is 6.43. The van der Waals surface area contributed by atoms with Crippen molar-refractivity contribution in [2.45, 2.75) is 47.1 Å². The van der Waals surface area contributed by atoms with Crippen LogP contribution in [-0.4, -0.2) is 16.6 Å². The minimum Gasteiger partial charge on any atom is -0.370 e. The lowest BCUT2D eigenvalue weighted by Gasteiger charge is -2.21. The van der Waals surface area contributed by atoms with E-state index in [1.54, 1.807) is 0 Å². The molecule has 0 bridgehead atoms. The van der Waals surface area contributed by atoms with E-state index in [1.807, 2.05) is 13.8 Å². The zero-order valence-corrected chi connectivity index (χ0v) is 12.1. The molecule has 0 saturated heterocycles. The quantitative estimate of drug-likeness (QED) is 0.813. The summed E-state index contributed by atoms with van der Waals surface area (Å²) >= 11 is 5.33. The largest absolute Gasteiger partial charge is 0.370 e. The van der Waals surface area contributed by atoms with Crippen molar-refractivity contribution >= 4 is 12.2 Å². The number of aromatic nitrogens is 2. The van der Waals surface area contributed by atoms with Crippen LogP contribution in [0.3, 0.4) is 0 Å². The summed E-state index contributed by atoms with van der Waals surface area (Å²) in [6, 6.07) is 0. The topological polar surface area (TPSA) is 37.9 Å². The maximum absolute atomic E-state index is 5.73. The number of H-pyrrole nitrogens is 1. The molecule has 0 fully saturated rings. The third-order valence-corrected chi connectivity index (χ3v) is 3.16. The highest BCUT2D eigenvalue weighted by atomic mass is 32.1. The maximum atomic E-state index is 5.73. The Balaban J connectivity index is 3.17. The van der Waals surface area contributed by atoms with Gasteiger partial charge in [-0.05, 0) is 26.2 Å². The van der Waals surface area contributed by atoms with Gasteiger partial charge in [0.05, 0.1) is 0 Å². The lowest BCUT2D eigenvalue weighted by Crippen LogP contribution is -2.16. The second-order valence-corrected chi connectivity index (χ2v) is 4.89. The van der Waals surface area contributed by atoms with Crippen LogP contribution >= 0.6 is 12.2 Å². The first-order valence-electron chi connectivity index (χ1n) is 6.22. The Bertz CT molecular complexity index is 426. The molecule has 0 aliphatic carbocycles. The van der Waals surface area contributed by atoms with Gasteiger partial charge in [0.2, 0.25) is 0 Å². The maximum Gasteiger partial charge on any atom is 0.137 e. The molecule has 4 heteroatoms.